The second-order valence-electron chi connectivity index (χ2n) is 11.6. The molecule has 4 aromatic carbocycles. The van der Waals surface area contributed by atoms with Crippen molar-refractivity contribution in [3.05, 3.63) is 101 Å². The van der Waals surface area contributed by atoms with Crippen LogP contribution in [0.3, 0.4) is 0 Å². The van der Waals surface area contributed by atoms with E-state index in [1.807, 2.05) is 68.4 Å². The normalized spacial score (nSPS) is 13.6. The SMILES string of the molecule is COC(=O)c1cccc(COc2cc3nc(C)n(Cc4ccc(C(=N)N)c5ccccc45)c3cc2OC2CCN(C(C)=N)CC2)c1. The number of amidine groups is 2. The number of piperidine rings is 1. The van der Waals surface area contributed by atoms with Gasteiger partial charge in [-0.15, -0.1) is 0 Å². The number of carbonyl (C=O) groups excluding carboxylic acids is 1. The highest BCUT2D eigenvalue weighted by Crippen LogP contribution is 2.36. The molecule has 10 heteroatoms. The van der Waals surface area contributed by atoms with Crippen LogP contribution in [0.25, 0.3) is 21.8 Å². The molecular formula is C36H38N6O4. The van der Waals surface area contributed by atoms with Crippen LogP contribution in [0.5, 0.6) is 11.5 Å². The number of aromatic nitrogens is 2. The summed E-state index contributed by atoms with van der Waals surface area (Å²) in [6.45, 7) is 6.13. The van der Waals surface area contributed by atoms with Gasteiger partial charge in [0.05, 0.1) is 29.5 Å². The quantitative estimate of drug-likeness (QED) is 0.104. The van der Waals surface area contributed by atoms with Crippen molar-refractivity contribution in [3.8, 4) is 11.5 Å². The first kappa shape index (κ1) is 30.6. The van der Waals surface area contributed by atoms with Gasteiger partial charge in [0.25, 0.3) is 0 Å². The molecule has 0 unspecified atom stereocenters. The molecule has 1 fully saturated rings. The van der Waals surface area contributed by atoms with Crippen LogP contribution in [0.4, 0.5) is 0 Å². The lowest BCUT2D eigenvalue weighted by atomic mass is 9.99. The smallest absolute Gasteiger partial charge is 0.337 e. The number of likely N-dealkylation sites (tertiary alicyclic amines) is 1. The third kappa shape index (κ3) is 6.24. The van der Waals surface area contributed by atoms with Gasteiger partial charge in [-0.05, 0) is 47.9 Å². The minimum atomic E-state index is -0.400. The molecule has 236 valence electrons. The molecule has 1 saturated heterocycles. The maximum atomic E-state index is 12.1. The average Bonchev–Trinajstić information content (AvgIpc) is 3.36. The molecule has 46 heavy (non-hydrogen) atoms. The maximum absolute atomic E-state index is 12.1. The summed E-state index contributed by atoms with van der Waals surface area (Å²) in [7, 11) is 1.36. The fraction of sp³-hybridized carbons (Fsp3) is 0.278. The Morgan fingerprint density at radius 3 is 2.46 bits per heavy atom. The Kier molecular flexibility index (Phi) is 8.61. The Morgan fingerprint density at radius 1 is 0.978 bits per heavy atom. The Bertz CT molecular complexity index is 1960. The van der Waals surface area contributed by atoms with Crippen molar-refractivity contribution in [1.29, 1.82) is 10.8 Å². The highest BCUT2D eigenvalue weighted by molar-refractivity contribution is 6.08. The van der Waals surface area contributed by atoms with Crippen LogP contribution in [0.15, 0.2) is 72.8 Å². The fourth-order valence-electron chi connectivity index (χ4n) is 6.12. The van der Waals surface area contributed by atoms with E-state index in [-0.39, 0.29) is 18.5 Å². The Hall–Kier alpha value is -5.38. The number of nitrogens with zero attached hydrogens (tertiary/aromatic N) is 3. The van der Waals surface area contributed by atoms with Gasteiger partial charge < -0.3 is 29.4 Å². The predicted molar refractivity (Wildman–Crippen MR) is 179 cm³/mol. The molecule has 6 rings (SSSR count). The van der Waals surface area contributed by atoms with E-state index in [0.717, 1.165) is 64.7 Å². The third-order valence-corrected chi connectivity index (χ3v) is 8.59. The molecule has 10 nitrogen and oxygen atoms in total. The minimum Gasteiger partial charge on any atom is -0.486 e. The summed E-state index contributed by atoms with van der Waals surface area (Å²) < 4.78 is 20.1. The summed E-state index contributed by atoms with van der Waals surface area (Å²) in [6, 6.07) is 23.1. The summed E-state index contributed by atoms with van der Waals surface area (Å²) >= 11 is 0. The molecule has 0 aliphatic carbocycles. The lowest BCUT2D eigenvalue weighted by molar-refractivity contribution is 0.0600. The van der Waals surface area contributed by atoms with Crippen molar-refractivity contribution in [3.63, 3.8) is 0 Å². The number of rotatable bonds is 9. The number of carbonyl (C=O) groups is 1. The van der Waals surface area contributed by atoms with Crippen molar-refractivity contribution < 1.29 is 19.0 Å². The number of aryl methyl sites for hydroxylation is 1. The molecule has 2 heterocycles. The molecule has 0 radical (unpaired) electrons. The number of methoxy groups -OCH3 is 1. The Labute approximate surface area is 267 Å². The molecule has 5 aromatic rings. The minimum absolute atomic E-state index is 0.0291. The number of imidazole rings is 1. The first-order valence-electron chi connectivity index (χ1n) is 15.3. The van der Waals surface area contributed by atoms with E-state index in [1.54, 1.807) is 12.1 Å². The summed E-state index contributed by atoms with van der Waals surface area (Å²) in [6.07, 6.45) is 1.56. The highest BCUT2D eigenvalue weighted by Gasteiger charge is 2.24. The molecule has 1 aliphatic rings. The molecule has 0 saturated carbocycles. The number of fused-ring (bicyclic) bond motifs is 2. The zero-order chi connectivity index (χ0) is 32.4. The first-order chi connectivity index (χ1) is 22.2. The fourth-order valence-corrected chi connectivity index (χ4v) is 6.12. The zero-order valence-corrected chi connectivity index (χ0v) is 26.3. The molecule has 4 N–H and O–H groups in total. The van der Waals surface area contributed by atoms with Crippen LogP contribution in [-0.4, -0.2) is 58.4 Å². The van der Waals surface area contributed by atoms with Gasteiger partial charge in [-0.1, -0.05) is 48.5 Å². The van der Waals surface area contributed by atoms with Gasteiger partial charge in [0, 0.05) is 50.2 Å². The monoisotopic (exact) mass is 618 g/mol. The van der Waals surface area contributed by atoms with Crippen LogP contribution in [0.1, 0.15) is 52.6 Å². The number of nitrogens with one attached hydrogen (secondary N) is 2. The number of benzene rings is 4. The van der Waals surface area contributed by atoms with Crippen LogP contribution in [0, 0.1) is 17.7 Å². The number of ether oxygens (including phenoxy) is 3. The van der Waals surface area contributed by atoms with E-state index < -0.39 is 5.97 Å². The van der Waals surface area contributed by atoms with Crippen molar-refractivity contribution >= 4 is 39.4 Å². The van der Waals surface area contributed by atoms with Crippen LogP contribution in [0.2, 0.25) is 0 Å². The second kappa shape index (κ2) is 12.9. The second-order valence-corrected chi connectivity index (χ2v) is 11.6. The van der Waals surface area contributed by atoms with Gasteiger partial charge in [-0.25, -0.2) is 9.78 Å². The van der Waals surface area contributed by atoms with Gasteiger partial charge >= 0.3 is 5.97 Å². The number of hydrogen-bond acceptors (Lipinski definition) is 7. The number of esters is 1. The molecular weight excluding hydrogens is 580 g/mol. The number of hydrogen-bond donors (Lipinski definition) is 3. The van der Waals surface area contributed by atoms with Gasteiger partial charge in [0.15, 0.2) is 11.5 Å². The van der Waals surface area contributed by atoms with E-state index in [9.17, 15) is 4.79 Å². The van der Waals surface area contributed by atoms with Crippen molar-refractivity contribution in [2.45, 2.75) is 45.9 Å². The lowest BCUT2D eigenvalue weighted by Gasteiger charge is -2.33. The summed E-state index contributed by atoms with van der Waals surface area (Å²) in [4.78, 5) is 19.0. The largest absolute Gasteiger partial charge is 0.486 e. The van der Waals surface area contributed by atoms with Crippen LogP contribution >= 0.6 is 0 Å². The van der Waals surface area contributed by atoms with Crippen LogP contribution < -0.4 is 15.2 Å². The standard InChI is InChI=1S/C36H38N6O4/c1-22(37)41-15-13-27(14-16-41)46-34-19-32-31(18-33(34)45-21-24-7-6-8-25(17-24)36(43)44-3)40-23(2)42(32)20-26-11-12-30(35(38)39)29-10-5-4-9-28(26)29/h4-12,17-19,27,37H,13-16,20-21H2,1-3H3,(H3,38,39). The average molecular weight is 619 g/mol. The highest BCUT2D eigenvalue weighted by atomic mass is 16.5. The predicted octanol–water partition coefficient (Wildman–Crippen LogP) is 6.04. The zero-order valence-electron chi connectivity index (χ0n) is 26.3. The van der Waals surface area contributed by atoms with Crippen molar-refractivity contribution in [2.24, 2.45) is 5.73 Å². The van der Waals surface area contributed by atoms with E-state index in [1.165, 1.54) is 7.11 Å². The van der Waals surface area contributed by atoms with E-state index >= 15 is 0 Å². The Balaban J connectivity index is 1.36. The Morgan fingerprint density at radius 2 is 1.74 bits per heavy atom. The molecule has 1 aromatic heterocycles. The summed E-state index contributed by atoms with van der Waals surface area (Å²) in [5, 5.41) is 18.0. The van der Waals surface area contributed by atoms with E-state index in [2.05, 4.69) is 15.5 Å². The molecule has 0 spiro atoms. The lowest BCUT2D eigenvalue weighted by Crippen LogP contribution is -2.40. The third-order valence-electron chi connectivity index (χ3n) is 8.59. The maximum Gasteiger partial charge on any atom is 0.337 e. The molecule has 0 atom stereocenters. The summed E-state index contributed by atoms with van der Waals surface area (Å²) in [5.74, 6) is 2.25. The van der Waals surface area contributed by atoms with Crippen molar-refractivity contribution in [1.82, 2.24) is 14.5 Å². The van der Waals surface area contributed by atoms with Gasteiger partial charge in [-0.3, -0.25) is 10.8 Å². The molecule has 1 aliphatic heterocycles. The topological polar surface area (TPSA) is 140 Å². The van der Waals surface area contributed by atoms with Crippen LogP contribution in [-0.2, 0) is 17.9 Å². The summed E-state index contributed by atoms with van der Waals surface area (Å²) in [5.41, 5.74) is 10.7. The van der Waals surface area contributed by atoms with Crippen molar-refractivity contribution in [2.75, 3.05) is 20.2 Å². The van der Waals surface area contributed by atoms with Gasteiger partial charge in [0.2, 0.25) is 0 Å². The molecule has 0 bridgehead atoms. The van der Waals surface area contributed by atoms with E-state index in [4.69, 9.17) is 35.7 Å². The van der Waals surface area contributed by atoms with Gasteiger partial charge in [-0.2, -0.15) is 0 Å². The molecule has 0 amide bonds. The number of nitrogen functional groups attached to an aromatic ring is 1. The van der Waals surface area contributed by atoms with E-state index in [0.29, 0.717) is 35.0 Å². The van der Waals surface area contributed by atoms with Gasteiger partial charge in [0.1, 0.15) is 24.4 Å². The number of nitrogens with two attached hydrogens (primary N) is 1. The first-order valence-corrected chi connectivity index (χ1v) is 15.3.